The number of likely N-dealkylation sites (tertiary alicyclic amines) is 1. The normalized spacial score (nSPS) is 17.1. The SMILES string of the molecule is COc1cccc(C(=O)[C@@H]2CCC(=O)N2CCN(C(=O)O)C(C)(C)C)c1C. The van der Waals surface area contributed by atoms with Gasteiger partial charge in [0.15, 0.2) is 5.78 Å². The summed E-state index contributed by atoms with van der Waals surface area (Å²) in [7, 11) is 1.55. The number of carbonyl (C=O) groups is 3. The third-order valence-electron chi connectivity index (χ3n) is 5.01. The summed E-state index contributed by atoms with van der Waals surface area (Å²) in [6.07, 6.45) is -0.306. The molecule has 1 aromatic carbocycles. The number of rotatable bonds is 6. The van der Waals surface area contributed by atoms with Crippen LogP contribution in [0.3, 0.4) is 0 Å². The summed E-state index contributed by atoms with van der Waals surface area (Å²) in [4.78, 5) is 39.8. The van der Waals surface area contributed by atoms with Crippen molar-refractivity contribution in [2.75, 3.05) is 20.2 Å². The zero-order chi connectivity index (χ0) is 20.4. The van der Waals surface area contributed by atoms with Crippen molar-refractivity contribution in [2.45, 2.75) is 52.1 Å². The predicted octanol–water partition coefficient (Wildman–Crippen LogP) is 2.96. The Hall–Kier alpha value is -2.57. The second-order valence-corrected chi connectivity index (χ2v) is 7.74. The van der Waals surface area contributed by atoms with E-state index in [2.05, 4.69) is 0 Å². The lowest BCUT2D eigenvalue weighted by Crippen LogP contribution is -2.50. The highest BCUT2D eigenvalue weighted by molar-refractivity contribution is 6.04. The Morgan fingerprint density at radius 3 is 2.56 bits per heavy atom. The van der Waals surface area contributed by atoms with Crippen LogP contribution in [0.2, 0.25) is 0 Å². The summed E-state index contributed by atoms with van der Waals surface area (Å²) < 4.78 is 5.28. The van der Waals surface area contributed by atoms with Crippen LogP contribution in [0.15, 0.2) is 18.2 Å². The topological polar surface area (TPSA) is 87.2 Å². The molecule has 0 saturated carbocycles. The van der Waals surface area contributed by atoms with Crippen molar-refractivity contribution in [3.8, 4) is 5.75 Å². The number of amides is 2. The van der Waals surface area contributed by atoms with Crippen molar-refractivity contribution in [3.05, 3.63) is 29.3 Å². The Balaban J connectivity index is 2.21. The number of hydrogen-bond donors (Lipinski definition) is 1. The average Bonchev–Trinajstić information content (AvgIpc) is 2.94. The fourth-order valence-electron chi connectivity index (χ4n) is 3.49. The van der Waals surface area contributed by atoms with E-state index in [0.717, 1.165) is 5.56 Å². The molecule has 1 heterocycles. The van der Waals surface area contributed by atoms with Crippen LogP contribution in [0.4, 0.5) is 4.79 Å². The number of nitrogens with zero attached hydrogens (tertiary/aromatic N) is 2. The summed E-state index contributed by atoms with van der Waals surface area (Å²) in [6.45, 7) is 7.58. The molecule has 0 unspecified atom stereocenters. The largest absolute Gasteiger partial charge is 0.496 e. The Kier molecular flexibility index (Phi) is 6.13. The lowest BCUT2D eigenvalue weighted by Gasteiger charge is -2.35. The molecule has 148 valence electrons. The summed E-state index contributed by atoms with van der Waals surface area (Å²) in [6, 6.07) is 4.71. The van der Waals surface area contributed by atoms with E-state index in [-0.39, 0.29) is 24.8 Å². The van der Waals surface area contributed by atoms with Crippen LogP contribution in [0.5, 0.6) is 5.75 Å². The van der Waals surface area contributed by atoms with E-state index < -0.39 is 17.7 Å². The Bertz CT molecular complexity index is 738. The third-order valence-corrected chi connectivity index (χ3v) is 5.01. The standard InChI is InChI=1S/C20H28N2O5/c1-13-14(7-6-8-16(13)27-5)18(24)15-9-10-17(23)21(15)11-12-22(19(25)26)20(2,3)4/h6-8,15H,9-12H2,1-5H3,(H,25,26)/t15-/m0/s1. The van der Waals surface area contributed by atoms with Gasteiger partial charge in [0, 0.05) is 36.2 Å². The van der Waals surface area contributed by atoms with E-state index in [9.17, 15) is 19.5 Å². The molecule has 1 aliphatic heterocycles. The molecule has 0 bridgehead atoms. The van der Waals surface area contributed by atoms with Gasteiger partial charge >= 0.3 is 6.09 Å². The molecule has 1 N–H and O–H groups in total. The van der Waals surface area contributed by atoms with Crippen LogP contribution >= 0.6 is 0 Å². The van der Waals surface area contributed by atoms with Gasteiger partial charge in [-0.2, -0.15) is 0 Å². The monoisotopic (exact) mass is 376 g/mol. The van der Waals surface area contributed by atoms with Gasteiger partial charge in [0.05, 0.1) is 13.2 Å². The molecule has 1 fully saturated rings. The zero-order valence-corrected chi connectivity index (χ0v) is 16.6. The molecule has 2 amide bonds. The highest BCUT2D eigenvalue weighted by Gasteiger charge is 2.38. The lowest BCUT2D eigenvalue weighted by atomic mass is 9.97. The smallest absolute Gasteiger partial charge is 0.407 e. The maximum atomic E-state index is 13.1. The van der Waals surface area contributed by atoms with Gasteiger partial charge in [-0.3, -0.25) is 9.59 Å². The highest BCUT2D eigenvalue weighted by atomic mass is 16.5. The van der Waals surface area contributed by atoms with E-state index in [1.54, 1.807) is 46.1 Å². The summed E-state index contributed by atoms with van der Waals surface area (Å²) in [5.41, 5.74) is 0.688. The Morgan fingerprint density at radius 1 is 1.33 bits per heavy atom. The van der Waals surface area contributed by atoms with E-state index in [1.807, 2.05) is 6.92 Å². The van der Waals surface area contributed by atoms with Gasteiger partial charge in [0.2, 0.25) is 5.91 Å². The number of benzene rings is 1. The fraction of sp³-hybridized carbons (Fsp3) is 0.550. The molecule has 1 saturated heterocycles. The minimum atomic E-state index is -1.04. The van der Waals surface area contributed by atoms with Crippen molar-refractivity contribution in [2.24, 2.45) is 0 Å². The fourth-order valence-corrected chi connectivity index (χ4v) is 3.49. The Labute approximate surface area is 159 Å². The number of methoxy groups -OCH3 is 1. The predicted molar refractivity (Wildman–Crippen MR) is 101 cm³/mol. The van der Waals surface area contributed by atoms with E-state index in [1.165, 1.54) is 9.80 Å². The molecule has 0 radical (unpaired) electrons. The first kappa shape index (κ1) is 20.7. The molecule has 0 aromatic heterocycles. The van der Waals surface area contributed by atoms with Crippen molar-refractivity contribution in [1.82, 2.24) is 9.80 Å². The summed E-state index contributed by atoms with van der Waals surface area (Å²) in [5.74, 6) is 0.379. The number of ether oxygens (including phenoxy) is 1. The minimum absolute atomic E-state index is 0.117. The molecule has 1 aromatic rings. The maximum absolute atomic E-state index is 13.1. The first-order valence-electron chi connectivity index (χ1n) is 9.05. The number of Topliss-reactive ketones (excluding diaryl/α,β-unsaturated/α-hetero) is 1. The maximum Gasteiger partial charge on any atom is 0.407 e. The molecule has 1 atom stereocenters. The first-order chi connectivity index (χ1) is 12.6. The van der Waals surface area contributed by atoms with Crippen LogP contribution in [-0.2, 0) is 4.79 Å². The molecule has 0 aliphatic carbocycles. The van der Waals surface area contributed by atoms with E-state index in [4.69, 9.17) is 4.74 Å². The van der Waals surface area contributed by atoms with Crippen molar-refractivity contribution < 1.29 is 24.2 Å². The molecular weight excluding hydrogens is 348 g/mol. The van der Waals surface area contributed by atoms with Gasteiger partial charge in [-0.15, -0.1) is 0 Å². The first-order valence-corrected chi connectivity index (χ1v) is 9.05. The number of hydrogen-bond acceptors (Lipinski definition) is 4. The zero-order valence-electron chi connectivity index (χ0n) is 16.6. The molecule has 7 heteroatoms. The second-order valence-electron chi connectivity index (χ2n) is 7.74. The molecule has 1 aliphatic rings. The van der Waals surface area contributed by atoms with Crippen LogP contribution < -0.4 is 4.74 Å². The van der Waals surface area contributed by atoms with Gasteiger partial charge in [0.25, 0.3) is 0 Å². The van der Waals surface area contributed by atoms with Crippen LogP contribution in [0.1, 0.15) is 49.5 Å². The van der Waals surface area contributed by atoms with Gasteiger partial charge in [-0.25, -0.2) is 4.79 Å². The second kappa shape index (κ2) is 7.98. The summed E-state index contributed by atoms with van der Waals surface area (Å²) in [5, 5.41) is 9.44. The van der Waals surface area contributed by atoms with E-state index in [0.29, 0.717) is 24.2 Å². The molecule has 7 nitrogen and oxygen atoms in total. The Morgan fingerprint density at radius 2 is 2.00 bits per heavy atom. The van der Waals surface area contributed by atoms with Gasteiger partial charge in [-0.05, 0) is 40.2 Å². The van der Waals surface area contributed by atoms with Crippen LogP contribution in [0, 0.1) is 6.92 Å². The highest BCUT2D eigenvalue weighted by Crippen LogP contribution is 2.27. The van der Waals surface area contributed by atoms with Gasteiger partial charge in [-0.1, -0.05) is 12.1 Å². The molecular formula is C20H28N2O5. The van der Waals surface area contributed by atoms with Crippen molar-refractivity contribution >= 4 is 17.8 Å². The quantitative estimate of drug-likeness (QED) is 0.771. The third kappa shape index (κ3) is 4.40. The average molecular weight is 376 g/mol. The number of carboxylic acid groups (broad SMARTS) is 1. The van der Waals surface area contributed by atoms with Crippen molar-refractivity contribution in [1.29, 1.82) is 0 Å². The number of ketones is 1. The minimum Gasteiger partial charge on any atom is -0.496 e. The van der Waals surface area contributed by atoms with Crippen molar-refractivity contribution in [3.63, 3.8) is 0 Å². The van der Waals surface area contributed by atoms with Crippen LogP contribution in [0.25, 0.3) is 0 Å². The van der Waals surface area contributed by atoms with Gasteiger partial charge < -0.3 is 19.6 Å². The molecule has 27 heavy (non-hydrogen) atoms. The molecule has 0 spiro atoms. The molecule has 2 rings (SSSR count). The van der Waals surface area contributed by atoms with Crippen LogP contribution in [-0.4, -0.2) is 64.5 Å². The lowest BCUT2D eigenvalue weighted by molar-refractivity contribution is -0.128. The summed E-state index contributed by atoms with van der Waals surface area (Å²) >= 11 is 0. The number of carbonyl (C=O) groups excluding carboxylic acids is 2. The van der Waals surface area contributed by atoms with E-state index >= 15 is 0 Å². The van der Waals surface area contributed by atoms with Gasteiger partial charge in [0.1, 0.15) is 5.75 Å².